The van der Waals surface area contributed by atoms with E-state index in [1.807, 2.05) is 18.2 Å². The van der Waals surface area contributed by atoms with E-state index in [0.29, 0.717) is 11.4 Å². The van der Waals surface area contributed by atoms with Crippen LogP contribution in [0.3, 0.4) is 0 Å². The number of carbonyl (C=O) groups is 2. The summed E-state index contributed by atoms with van der Waals surface area (Å²) in [4.78, 5) is 24.1. The van der Waals surface area contributed by atoms with Crippen LogP contribution in [0.4, 0.5) is 0 Å². The van der Waals surface area contributed by atoms with Crippen molar-refractivity contribution >= 4 is 23.5 Å². The number of rotatable bonds is 5. The molecule has 0 aliphatic rings. The van der Waals surface area contributed by atoms with Gasteiger partial charge in [0.25, 0.3) is 0 Å². The van der Waals surface area contributed by atoms with E-state index in [4.69, 9.17) is 16.7 Å². The molecule has 1 aromatic carbocycles. The van der Waals surface area contributed by atoms with Crippen LogP contribution in [0.25, 0.3) is 0 Å². The number of carboxylic acids is 1. The Hall–Kier alpha value is -1.55. The van der Waals surface area contributed by atoms with Crippen molar-refractivity contribution in [1.29, 1.82) is 0 Å². The third-order valence-corrected chi connectivity index (χ3v) is 3.07. The van der Waals surface area contributed by atoms with Gasteiger partial charge in [-0.15, -0.1) is 0 Å². The van der Waals surface area contributed by atoms with Gasteiger partial charge in [-0.1, -0.05) is 37.6 Å². The summed E-state index contributed by atoms with van der Waals surface area (Å²) in [6.45, 7) is 3.31. The van der Waals surface area contributed by atoms with Crippen LogP contribution in [0, 0.1) is 5.41 Å². The number of likely N-dealkylation sites (N-methyl/N-ethyl adjacent to an activating group) is 1. The van der Waals surface area contributed by atoms with E-state index in [1.165, 1.54) is 11.9 Å². The molecule has 1 rings (SSSR count). The number of nitrogens with zero attached hydrogens (tertiary/aromatic N) is 1. The highest BCUT2D eigenvalue weighted by Gasteiger charge is 2.31. The highest BCUT2D eigenvalue weighted by atomic mass is 35.5. The zero-order chi connectivity index (χ0) is 14.6. The van der Waals surface area contributed by atoms with Crippen molar-refractivity contribution in [3.05, 3.63) is 34.9 Å². The predicted molar refractivity (Wildman–Crippen MR) is 74.2 cm³/mol. The van der Waals surface area contributed by atoms with Crippen LogP contribution in [0.5, 0.6) is 0 Å². The number of hydrogen-bond acceptors (Lipinski definition) is 2. The van der Waals surface area contributed by atoms with Crippen LogP contribution < -0.4 is 0 Å². The number of carboxylic acid groups (broad SMARTS) is 1. The minimum absolute atomic E-state index is 0.199. The van der Waals surface area contributed by atoms with Crippen LogP contribution in [-0.4, -0.2) is 35.5 Å². The summed E-state index contributed by atoms with van der Waals surface area (Å²) >= 11 is 5.91. The van der Waals surface area contributed by atoms with Crippen molar-refractivity contribution in [2.75, 3.05) is 13.6 Å². The molecule has 0 aliphatic heterocycles. The molecule has 104 valence electrons. The molecule has 0 unspecified atom stereocenters. The van der Waals surface area contributed by atoms with Gasteiger partial charge in [0, 0.05) is 17.5 Å². The van der Waals surface area contributed by atoms with E-state index in [9.17, 15) is 9.59 Å². The average Bonchev–Trinajstić information content (AvgIpc) is 2.26. The lowest BCUT2D eigenvalue weighted by Gasteiger charge is -2.28. The third-order valence-electron chi connectivity index (χ3n) is 2.83. The highest BCUT2D eigenvalue weighted by molar-refractivity contribution is 6.30. The molecule has 0 bridgehead atoms. The van der Waals surface area contributed by atoms with Crippen molar-refractivity contribution < 1.29 is 14.7 Å². The Morgan fingerprint density at radius 2 is 2.00 bits per heavy atom. The number of halogens is 1. The van der Waals surface area contributed by atoms with Crippen molar-refractivity contribution in [2.24, 2.45) is 5.41 Å². The number of hydrogen-bond donors (Lipinski definition) is 1. The first-order valence-electron chi connectivity index (χ1n) is 5.94. The summed E-state index contributed by atoms with van der Waals surface area (Å²) in [6.07, 6.45) is 0.510. The molecule has 0 heterocycles. The number of carbonyl (C=O) groups excluding carboxylic acids is 1. The molecule has 0 aliphatic carbocycles. The Morgan fingerprint density at radius 3 is 2.53 bits per heavy atom. The molecule has 5 heteroatoms. The van der Waals surface area contributed by atoms with Gasteiger partial charge in [-0.2, -0.15) is 0 Å². The van der Waals surface area contributed by atoms with Gasteiger partial charge in [0.1, 0.15) is 6.54 Å². The first kappa shape index (κ1) is 15.5. The molecule has 0 spiro atoms. The molecule has 0 saturated heterocycles. The fourth-order valence-electron chi connectivity index (χ4n) is 2.02. The van der Waals surface area contributed by atoms with Crippen LogP contribution in [0.15, 0.2) is 24.3 Å². The van der Waals surface area contributed by atoms with Gasteiger partial charge in [0.2, 0.25) is 5.91 Å². The largest absolute Gasteiger partial charge is 0.480 e. The Kier molecular flexibility index (Phi) is 4.95. The summed E-state index contributed by atoms with van der Waals surface area (Å²) in [5.41, 5.74) is 0.282. The van der Waals surface area contributed by atoms with Crippen molar-refractivity contribution in [2.45, 2.75) is 20.3 Å². The molecular formula is C14H18ClNO3. The van der Waals surface area contributed by atoms with Crippen LogP contribution in [-0.2, 0) is 16.0 Å². The Labute approximate surface area is 118 Å². The second-order valence-electron chi connectivity index (χ2n) is 5.25. The zero-order valence-corrected chi connectivity index (χ0v) is 12.1. The van der Waals surface area contributed by atoms with E-state index in [1.54, 1.807) is 19.9 Å². The molecule has 1 aromatic rings. The lowest BCUT2D eigenvalue weighted by atomic mass is 9.84. The van der Waals surface area contributed by atoms with Gasteiger partial charge in [-0.05, 0) is 24.1 Å². The second kappa shape index (κ2) is 6.06. The molecule has 0 radical (unpaired) electrons. The standard InChI is InChI=1S/C14H18ClNO3/c1-14(2,13(19)16(3)9-12(17)18)8-10-5-4-6-11(15)7-10/h4-7H,8-9H2,1-3H3,(H,17,18). The molecule has 1 N–H and O–H groups in total. The van der Waals surface area contributed by atoms with E-state index in [-0.39, 0.29) is 12.5 Å². The number of benzene rings is 1. The Balaban J connectivity index is 2.80. The predicted octanol–water partition coefficient (Wildman–Crippen LogP) is 2.45. The topological polar surface area (TPSA) is 57.6 Å². The first-order chi connectivity index (χ1) is 8.72. The van der Waals surface area contributed by atoms with E-state index in [2.05, 4.69) is 0 Å². The molecule has 0 saturated carbocycles. The van der Waals surface area contributed by atoms with Crippen molar-refractivity contribution in [3.8, 4) is 0 Å². The third kappa shape index (κ3) is 4.56. The average molecular weight is 284 g/mol. The molecule has 0 fully saturated rings. The summed E-state index contributed by atoms with van der Waals surface area (Å²) in [6, 6.07) is 7.32. The van der Waals surface area contributed by atoms with Gasteiger partial charge in [-0.25, -0.2) is 0 Å². The van der Waals surface area contributed by atoms with E-state index in [0.717, 1.165) is 5.56 Å². The van der Waals surface area contributed by atoms with Gasteiger partial charge in [0.15, 0.2) is 0 Å². The van der Waals surface area contributed by atoms with Crippen LogP contribution in [0.2, 0.25) is 5.02 Å². The molecule has 19 heavy (non-hydrogen) atoms. The highest BCUT2D eigenvalue weighted by Crippen LogP contribution is 2.25. The second-order valence-corrected chi connectivity index (χ2v) is 5.68. The maximum atomic E-state index is 12.2. The van der Waals surface area contributed by atoms with Crippen molar-refractivity contribution in [1.82, 2.24) is 4.90 Å². The minimum atomic E-state index is -1.02. The zero-order valence-electron chi connectivity index (χ0n) is 11.3. The van der Waals surface area contributed by atoms with Gasteiger partial charge in [-0.3, -0.25) is 9.59 Å². The lowest BCUT2D eigenvalue weighted by molar-refractivity contribution is -0.147. The maximum absolute atomic E-state index is 12.2. The molecule has 4 nitrogen and oxygen atoms in total. The summed E-state index contributed by atoms with van der Waals surface area (Å²) < 4.78 is 0. The van der Waals surface area contributed by atoms with Crippen LogP contribution >= 0.6 is 11.6 Å². The monoisotopic (exact) mass is 283 g/mol. The van der Waals surface area contributed by atoms with Gasteiger partial charge in [0.05, 0.1) is 0 Å². The lowest BCUT2D eigenvalue weighted by Crippen LogP contribution is -2.42. The number of aliphatic carboxylic acids is 1. The number of amides is 1. The normalized spacial score (nSPS) is 11.2. The molecular weight excluding hydrogens is 266 g/mol. The van der Waals surface area contributed by atoms with Crippen LogP contribution in [0.1, 0.15) is 19.4 Å². The first-order valence-corrected chi connectivity index (χ1v) is 6.32. The Bertz CT molecular complexity index is 485. The maximum Gasteiger partial charge on any atom is 0.323 e. The summed E-state index contributed by atoms with van der Waals surface area (Å²) in [5.74, 6) is -1.22. The smallest absolute Gasteiger partial charge is 0.323 e. The van der Waals surface area contributed by atoms with E-state index < -0.39 is 11.4 Å². The van der Waals surface area contributed by atoms with Crippen molar-refractivity contribution in [3.63, 3.8) is 0 Å². The van der Waals surface area contributed by atoms with Gasteiger partial charge >= 0.3 is 5.97 Å². The quantitative estimate of drug-likeness (QED) is 0.903. The summed E-state index contributed by atoms with van der Waals surface area (Å²) in [7, 11) is 1.50. The summed E-state index contributed by atoms with van der Waals surface area (Å²) in [5, 5.41) is 9.34. The fourth-order valence-corrected chi connectivity index (χ4v) is 2.24. The fraction of sp³-hybridized carbons (Fsp3) is 0.429. The van der Waals surface area contributed by atoms with Gasteiger partial charge < -0.3 is 10.0 Å². The Morgan fingerprint density at radius 1 is 1.37 bits per heavy atom. The molecule has 1 amide bonds. The molecule has 0 atom stereocenters. The van der Waals surface area contributed by atoms with E-state index >= 15 is 0 Å². The SMILES string of the molecule is CN(CC(=O)O)C(=O)C(C)(C)Cc1cccc(Cl)c1. The molecule has 0 aromatic heterocycles. The minimum Gasteiger partial charge on any atom is -0.480 e.